The number of nitrogens with zero attached hydrogens (tertiary/aromatic N) is 2. The van der Waals surface area contributed by atoms with Crippen molar-refractivity contribution in [2.75, 3.05) is 13.1 Å². The van der Waals surface area contributed by atoms with Gasteiger partial charge in [0.25, 0.3) is 0 Å². The van der Waals surface area contributed by atoms with E-state index in [0.29, 0.717) is 37.3 Å². The zero-order chi connectivity index (χ0) is 23.2. The Labute approximate surface area is 204 Å². The number of likely N-dealkylation sites (tertiary alicyclic amines) is 1. The van der Waals surface area contributed by atoms with Gasteiger partial charge >= 0.3 is 6.09 Å². The Morgan fingerprint density at radius 2 is 1.94 bits per heavy atom. The molecule has 0 bridgehead atoms. The summed E-state index contributed by atoms with van der Waals surface area (Å²) in [4.78, 5) is 14.6. The molecule has 1 saturated carbocycles. The smallest absolute Gasteiger partial charge is 0.410 e. The molecule has 0 radical (unpaired) electrons. The van der Waals surface area contributed by atoms with Crippen LogP contribution in [0.15, 0.2) is 40.6 Å². The molecular weight excluding hydrogens is 484 g/mol. The summed E-state index contributed by atoms with van der Waals surface area (Å²) in [6.45, 7) is 0.722. The molecule has 10 heteroatoms. The molecule has 4 atom stereocenters. The minimum atomic E-state index is -3.83. The first-order valence-corrected chi connectivity index (χ1v) is 14.3. The Hall–Kier alpha value is -1.26. The molecule has 2 saturated heterocycles. The highest BCUT2D eigenvalue weighted by Crippen LogP contribution is 2.51. The number of carbonyl (C=O) groups excluding carboxylic acids is 1. The van der Waals surface area contributed by atoms with E-state index in [-0.39, 0.29) is 22.7 Å². The van der Waals surface area contributed by atoms with Crippen LogP contribution < -0.4 is 0 Å². The van der Waals surface area contributed by atoms with Crippen LogP contribution in [0, 0.1) is 0 Å². The molecule has 3 fully saturated rings. The second-order valence-electron chi connectivity index (χ2n) is 9.41. The average molecular weight is 513 g/mol. The fraction of sp³-hybridized carbons (Fsp3) is 0.609. The Morgan fingerprint density at radius 3 is 2.55 bits per heavy atom. The van der Waals surface area contributed by atoms with Crippen LogP contribution in [0.25, 0.3) is 0 Å². The van der Waals surface area contributed by atoms with E-state index in [0.717, 1.165) is 19.3 Å². The second-order valence-corrected chi connectivity index (χ2v) is 12.8. The number of aliphatic hydroxyl groups excluding tert-OH is 1. The standard InChI is InChI=1S/C23H29ClN2O5S2/c24-16-6-8-18(9-7-16)33(29,30)26-19(20-4-2-14-32-20)3-1-5-21(26)23(11-12-23)31-22(28)25-13-10-17(27)15-25/h2,6-9,14,17,19-21,27H,1,3-5,10-13,15H2/t17-,19-,20?,21+/m0/s1. The maximum absolute atomic E-state index is 14.0. The molecule has 1 amide bonds. The summed E-state index contributed by atoms with van der Waals surface area (Å²) >= 11 is 7.70. The highest BCUT2D eigenvalue weighted by atomic mass is 35.5. The fourth-order valence-electron chi connectivity index (χ4n) is 5.35. The normalized spacial score (nSPS) is 31.6. The van der Waals surface area contributed by atoms with Gasteiger partial charge in [-0.2, -0.15) is 4.31 Å². The van der Waals surface area contributed by atoms with Crippen molar-refractivity contribution >= 4 is 39.5 Å². The summed E-state index contributed by atoms with van der Waals surface area (Å²) in [7, 11) is -3.83. The van der Waals surface area contributed by atoms with E-state index in [1.807, 2.05) is 5.41 Å². The highest BCUT2D eigenvalue weighted by Gasteiger charge is 2.60. The predicted molar refractivity (Wildman–Crippen MR) is 128 cm³/mol. The zero-order valence-electron chi connectivity index (χ0n) is 18.3. The lowest BCUT2D eigenvalue weighted by atomic mass is 9.91. The molecule has 7 nitrogen and oxygen atoms in total. The largest absolute Gasteiger partial charge is 0.441 e. The minimum Gasteiger partial charge on any atom is -0.441 e. The van der Waals surface area contributed by atoms with Crippen LogP contribution in [0.4, 0.5) is 4.79 Å². The van der Waals surface area contributed by atoms with E-state index in [2.05, 4.69) is 6.08 Å². The number of thioether (sulfide) groups is 1. The molecule has 0 aromatic heterocycles. The van der Waals surface area contributed by atoms with Gasteiger partial charge in [0.05, 0.1) is 17.0 Å². The van der Waals surface area contributed by atoms with Crippen LogP contribution in [0.2, 0.25) is 5.02 Å². The molecule has 1 N–H and O–H groups in total. The number of sulfonamides is 1. The van der Waals surface area contributed by atoms with Gasteiger partial charge in [0.15, 0.2) is 0 Å². The SMILES string of the molecule is O=C(OC1([C@H]2CCC[C@@H](C3CC=CS3)N2S(=O)(=O)c2ccc(Cl)cc2)CC1)N1CC[C@H](O)C1. The lowest BCUT2D eigenvalue weighted by Gasteiger charge is -2.46. The third-order valence-electron chi connectivity index (χ3n) is 7.21. The number of hydrogen-bond acceptors (Lipinski definition) is 6. The van der Waals surface area contributed by atoms with E-state index in [4.69, 9.17) is 16.3 Å². The molecular formula is C23H29ClN2O5S2. The average Bonchev–Trinajstić information content (AvgIpc) is 3.18. The predicted octanol–water partition coefficient (Wildman–Crippen LogP) is 4.01. The van der Waals surface area contributed by atoms with Crippen molar-refractivity contribution in [2.45, 2.75) is 78.9 Å². The number of carbonyl (C=O) groups is 1. The summed E-state index contributed by atoms with van der Waals surface area (Å²) in [6.07, 6.45) is 6.11. The summed E-state index contributed by atoms with van der Waals surface area (Å²) in [5.74, 6) is 0. The van der Waals surface area contributed by atoms with Crippen LogP contribution in [-0.4, -0.2) is 71.0 Å². The molecule has 3 heterocycles. The number of ether oxygens (including phenoxy) is 1. The fourth-order valence-corrected chi connectivity index (χ4v) is 8.61. The van der Waals surface area contributed by atoms with Crippen molar-refractivity contribution in [3.05, 3.63) is 40.8 Å². The molecule has 4 aliphatic rings. The molecule has 1 unspecified atom stereocenters. The van der Waals surface area contributed by atoms with Crippen LogP contribution in [0.1, 0.15) is 44.9 Å². The monoisotopic (exact) mass is 512 g/mol. The number of hydrogen-bond donors (Lipinski definition) is 1. The summed E-state index contributed by atoms with van der Waals surface area (Å²) in [5.41, 5.74) is -0.806. The molecule has 33 heavy (non-hydrogen) atoms. The van der Waals surface area contributed by atoms with Crippen LogP contribution in [-0.2, 0) is 14.8 Å². The molecule has 3 aliphatic heterocycles. The van der Waals surface area contributed by atoms with E-state index >= 15 is 0 Å². The third kappa shape index (κ3) is 4.55. The Morgan fingerprint density at radius 1 is 1.18 bits per heavy atom. The van der Waals surface area contributed by atoms with Crippen molar-refractivity contribution < 1.29 is 23.1 Å². The number of piperidine rings is 1. The van der Waals surface area contributed by atoms with Crippen molar-refractivity contribution in [1.82, 2.24) is 9.21 Å². The van der Waals surface area contributed by atoms with Crippen LogP contribution in [0.3, 0.4) is 0 Å². The first-order chi connectivity index (χ1) is 15.8. The Balaban J connectivity index is 1.46. The molecule has 180 valence electrons. The van der Waals surface area contributed by atoms with E-state index in [1.54, 1.807) is 40.3 Å². The lowest BCUT2D eigenvalue weighted by Crippen LogP contribution is -2.59. The van der Waals surface area contributed by atoms with Crippen LogP contribution >= 0.6 is 23.4 Å². The number of amides is 1. The molecule has 1 aromatic rings. The second kappa shape index (κ2) is 9.07. The van der Waals surface area contributed by atoms with Crippen LogP contribution in [0.5, 0.6) is 0 Å². The number of benzene rings is 1. The topological polar surface area (TPSA) is 87.2 Å². The lowest BCUT2D eigenvalue weighted by molar-refractivity contribution is -0.00687. The van der Waals surface area contributed by atoms with E-state index in [1.165, 1.54) is 4.90 Å². The first kappa shape index (κ1) is 23.5. The van der Waals surface area contributed by atoms with Crippen molar-refractivity contribution in [2.24, 2.45) is 0 Å². The van der Waals surface area contributed by atoms with Gasteiger partial charge in [-0.3, -0.25) is 0 Å². The quantitative estimate of drug-likeness (QED) is 0.641. The van der Waals surface area contributed by atoms with Gasteiger partial charge in [0.1, 0.15) is 5.60 Å². The van der Waals surface area contributed by atoms with E-state index < -0.39 is 33.9 Å². The molecule has 5 rings (SSSR count). The summed E-state index contributed by atoms with van der Waals surface area (Å²) < 4.78 is 35.7. The summed E-state index contributed by atoms with van der Waals surface area (Å²) in [5, 5.41) is 12.5. The number of halogens is 1. The van der Waals surface area contributed by atoms with Crippen molar-refractivity contribution in [1.29, 1.82) is 0 Å². The summed E-state index contributed by atoms with van der Waals surface area (Å²) in [6, 6.07) is 5.72. The highest BCUT2D eigenvalue weighted by molar-refractivity contribution is 8.03. The third-order valence-corrected chi connectivity index (χ3v) is 10.6. The van der Waals surface area contributed by atoms with E-state index in [9.17, 15) is 18.3 Å². The number of allylic oxidation sites excluding steroid dienone is 1. The molecule has 1 aliphatic carbocycles. The van der Waals surface area contributed by atoms with Gasteiger partial charge in [-0.05, 0) is 68.2 Å². The van der Waals surface area contributed by atoms with Gasteiger partial charge in [-0.1, -0.05) is 24.1 Å². The maximum atomic E-state index is 14.0. The maximum Gasteiger partial charge on any atom is 0.410 e. The van der Waals surface area contributed by atoms with Crippen molar-refractivity contribution in [3.63, 3.8) is 0 Å². The van der Waals surface area contributed by atoms with Crippen molar-refractivity contribution in [3.8, 4) is 0 Å². The van der Waals surface area contributed by atoms with Gasteiger partial charge in [0, 0.05) is 29.4 Å². The van der Waals surface area contributed by atoms with Gasteiger partial charge in [-0.15, -0.1) is 11.8 Å². The number of aliphatic hydroxyl groups is 1. The number of β-amino-alcohol motifs (C(OH)–C–C–N with tert-alkyl or cyclic N) is 1. The van der Waals surface area contributed by atoms with Gasteiger partial charge < -0.3 is 14.7 Å². The molecule has 1 aromatic carbocycles. The minimum absolute atomic E-state index is 0.148. The number of rotatable bonds is 5. The Bertz CT molecular complexity index is 1020. The van der Waals surface area contributed by atoms with Gasteiger partial charge in [-0.25, -0.2) is 13.2 Å². The molecule has 0 spiro atoms. The first-order valence-electron chi connectivity index (χ1n) is 11.6. The van der Waals surface area contributed by atoms with Gasteiger partial charge in [0.2, 0.25) is 10.0 Å². The zero-order valence-corrected chi connectivity index (χ0v) is 20.7. The Kier molecular flexibility index (Phi) is 6.46.